The fraction of sp³-hybridized carbons (Fsp3) is 0.400. The van der Waals surface area contributed by atoms with Crippen LogP contribution in [0.1, 0.15) is 42.8 Å². The molecule has 0 radical (unpaired) electrons. The van der Waals surface area contributed by atoms with Crippen LogP contribution in [0.25, 0.3) is 21.1 Å². The molecule has 4 rings (SSSR count). The van der Waals surface area contributed by atoms with Crippen LogP contribution in [0, 0.1) is 0 Å². The van der Waals surface area contributed by atoms with Crippen LogP contribution in [-0.4, -0.2) is 35.0 Å². The fourth-order valence-corrected chi connectivity index (χ4v) is 4.67. The lowest BCUT2D eigenvalue weighted by Gasteiger charge is -2.33. The standard InChI is InChI=1S/C20H23N3O2S/c1-3-25-14-7-8-16-13(10-14)11-15-17(21)18(26-19(15)22-16)20(24)23-9-5-4-6-12(23)2/h7-8,10-12H,3-6,9,21H2,1-2H3/t12-/m0/s1. The number of anilines is 1. The number of hydrogen-bond acceptors (Lipinski definition) is 5. The molecule has 0 spiro atoms. The van der Waals surface area contributed by atoms with Crippen molar-refractivity contribution in [1.82, 2.24) is 9.88 Å². The Morgan fingerprint density at radius 2 is 2.23 bits per heavy atom. The van der Waals surface area contributed by atoms with Crippen molar-refractivity contribution in [2.24, 2.45) is 0 Å². The number of likely N-dealkylation sites (tertiary alicyclic amines) is 1. The van der Waals surface area contributed by atoms with Gasteiger partial charge in [-0.1, -0.05) is 0 Å². The van der Waals surface area contributed by atoms with E-state index in [1.54, 1.807) is 0 Å². The number of carbonyl (C=O) groups is 1. The van der Waals surface area contributed by atoms with Crippen molar-refractivity contribution in [2.45, 2.75) is 39.2 Å². The SMILES string of the molecule is CCOc1ccc2nc3sc(C(=O)N4CCCC[C@@H]4C)c(N)c3cc2c1. The summed E-state index contributed by atoms with van der Waals surface area (Å²) >= 11 is 1.40. The maximum Gasteiger partial charge on any atom is 0.266 e. The summed E-state index contributed by atoms with van der Waals surface area (Å²) in [6, 6.07) is 8.12. The molecule has 1 atom stereocenters. The predicted octanol–water partition coefficient (Wildman–Crippen LogP) is 4.45. The summed E-state index contributed by atoms with van der Waals surface area (Å²) in [7, 11) is 0. The maximum atomic E-state index is 13.0. The minimum absolute atomic E-state index is 0.0387. The summed E-state index contributed by atoms with van der Waals surface area (Å²) in [6.07, 6.45) is 3.30. The van der Waals surface area contributed by atoms with E-state index in [1.807, 2.05) is 36.1 Å². The van der Waals surface area contributed by atoms with E-state index in [0.717, 1.165) is 46.3 Å². The molecule has 26 heavy (non-hydrogen) atoms. The first kappa shape index (κ1) is 17.1. The highest BCUT2D eigenvalue weighted by molar-refractivity contribution is 7.21. The number of nitrogen functional groups attached to an aromatic ring is 1. The zero-order valence-corrected chi connectivity index (χ0v) is 15.9. The maximum absolute atomic E-state index is 13.0. The van der Waals surface area contributed by atoms with Gasteiger partial charge < -0.3 is 15.4 Å². The number of hydrogen-bond donors (Lipinski definition) is 1. The highest BCUT2D eigenvalue weighted by Crippen LogP contribution is 2.36. The van der Waals surface area contributed by atoms with E-state index in [2.05, 4.69) is 6.92 Å². The summed E-state index contributed by atoms with van der Waals surface area (Å²) in [6.45, 7) is 5.50. The van der Waals surface area contributed by atoms with Crippen LogP contribution in [0.5, 0.6) is 5.75 Å². The Bertz CT molecular complexity index is 982. The molecule has 1 fully saturated rings. The van der Waals surface area contributed by atoms with Crippen LogP contribution in [0.15, 0.2) is 24.3 Å². The number of benzene rings is 1. The molecular weight excluding hydrogens is 346 g/mol. The number of amides is 1. The second-order valence-corrected chi connectivity index (χ2v) is 7.82. The van der Waals surface area contributed by atoms with E-state index >= 15 is 0 Å². The molecule has 0 saturated carbocycles. The quantitative estimate of drug-likeness (QED) is 0.741. The van der Waals surface area contributed by atoms with Gasteiger partial charge in [-0.05, 0) is 57.4 Å². The van der Waals surface area contributed by atoms with Gasteiger partial charge in [-0.15, -0.1) is 11.3 Å². The monoisotopic (exact) mass is 369 g/mol. The average molecular weight is 369 g/mol. The van der Waals surface area contributed by atoms with Crippen LogP contribution >= 0.6 is 11.3 Å². The van der Waals surface area contributed by atoms with E-state index in [-0.39, 0.29) is 11.9 Å². The molecule has 5 nitrogen and oxygen atoms in total. The zero-order valence-electron chi connectivity index (χ0n) is 15.1. The van der Waals surface area contributed by atoms with Gasteiger partial charge in [0.15, 0.2) is 0 Å². The van der Waals surface area contributed by atoms with Crippen LogP contribution in [0.4, 0.5) is 5.69 Å². The number of nitrogens with zero attached hydrogens (tertiary/aromatic N) is 2. The van der Waals surface area contributed by atoms with E-state index in [0.29, 0.717) is 17.2 Å². The van der Waals surface area contributed by atoms with Crippen molar-refractivity contribution in [3.8, 4) is 5.75 Å². The second-order valence-electron chi connectivity index (χ2n) is 6.82. The summed E-state index contributed by atoms with van der Waals surface area (Å²) in [5.74, 6) is 0.852. The molecule has 2 aromatic heterocycles. The van der Waals surface area contributed by atoms with Crippen LogP contribution in [-0.2, 0) is 0 Å². The number of piperidine rings is 1. The molecule has 1 amide bonds. The molecule has 3 heterocycles. The van der Waals surface area contributed by atoms with E-state index in [9.17, 15) is 4.79 Å². The molecule has 1 aliphatic heterocycles. The first-order chi connectivity index (χ1) is 12.6. The van der Waals surface area contributed by atoms with Crippen molar-refractivity contribution in [3.63, 3.8) is 0 Å². The highest BCUT2D eigenvalue weighted by Gasteiger charge is 2.28. The molecule has 1 saturated heterocycles. The smallest absolute Gasteiger partial charge is 0.266 e. The number of thiophene rings is 1. The number of fused-ring (bicyclic) bond motifs is 2. The lowest BCUT2D eigenvalue weighted by molar-refractivity contribution is 0.0642. The minimum Gasteiger partial charge on any atom is -0.494 e. The van der Waals surface area contributed by atoms with Crippen molar-refractivity contribution < 1.29 is 9.53 Å². The first-order valence-corrected chi connectivity index (χ1v) is 9.96. The Kier molecular flexibility index (Phi) is 4.44. The molecule has 3 aromatic rings. The van der Waals surface area contributed by atoms with Gasteiger partial charge in [0.05, 0.1) is 17.8 Å². The molecule has 136 valence electrons. The second kappa shape index (κ2) is 6.76. The van der Waals surface area contributed by atoms with Gasteiger partial charge in [-0.3, -0.25) is 4.79 Å². The zero-order chi connectivity index (χ0) is 18.3. The molecule has 2 N–H and O–H groups in total. The van der Waals surface area contributed by atoms with E-state index in [4.69, 9.17) is 15.5 Å². The summed E-state index contributed by atoms with van der Waals surface area (Å²) in [5, 5.41) is 1.82. The molecule has 0 unspecified atom stereocenters. The third kappa shape index (κ3) is 2.88. The van der Waals surface area contributed by atoms with Crippen molar-refractivity contribution in [1.29, 1.82) is 0 Å². The van der Waals surface area contributed by atoms with Gasteiger partial charge in [0.2, 0.25) is 0 Å². The van der Waals surface area contributed by atoms with Crippen LogP contribution in [0.3, 0.4) is 0 Å². The summed E-state index contributed by atoms with van der Waals surface area (Å²) < 4.78 is 5.57. The average Bonchev–Trinajstić information content (AvgIpc) is 2.96. The minimum atomic E-state index is 0.0387. The third-order valence-corrected chi connectivity index (χ3v) is 6.16. The van der Waals surface area contributed by atoms with Crippen molar-refractivity contribution in [2.75, 3.05) is 18.9 Å². The highest BCUT2D eigenvalue weighted by atomic mass is 32.1. The topological polar surface area (TPSA) is 68.5 Å². The Morgan fingerprint density at radius 1 is 1.38 bits per heavy atom. The first-order valence-electron chi connectivity index (χ1n) is 9.15. The number of carbonyl (C=O) groups excluding carboxylic acids is 1. The van der Waals surface area contributed by atoms with Crippen molar-refractivity contribution >= 4 is 44.1 Å². The Labute approximate surface area is 156 Å². The molecule has 6 heteroatoms. The lowest BCUT2D eigenvalue weighted by Crippen LogP contribution is -2.41. The molecule has 1 aliphatic rings. The molecule has 0 bridgehead atoms. The van der Waals surface area contributed by atoms with Gasteiger partial charge in [-0.2, -0.15) is 0 Å². The predicted molar refractivity (Wildman–Crippen MR) is 107 cm³/mol. The molecular formula is C20H23N3O2S. The van der Waals surface area contributed by atoms with Gasteiger partial charge in [-0.25, -0.2) is 4.98 Å². The summed E-state index contributed by atoms with van der Waals surface area (Å²) in [5.41, 5.74) is 7.80. The fourth-order valence-electron chi connectivity index (χ4n) is 3.63. The third-order valence-electron chi connectivity index (χ3n) is 5.05. The summed E-state index contributed by atoms with van der Waals surface area (Å²) in [4.78, 5) is 21.1. The number of pyridine rings is 1. The molecule has 0 aliphatic carbocycles. The Hall–Kier alpha value is -2.34. The van der Waals surface area contributed by atoms with Gasteiger partial charge in [0, 0.05) is 23.4 Å². The van der Waals surface area contributed by atoms with E-state index < -0.39 is 0 Å². The van der Waals surface area contributed by atoms with Gasteiger partial charge in [0.25, 0.3) is 5.91 Å². The van der Waals surface area contributed by atoms with Crippen LogP contribution < -0.4 is 10.5 Å². The Balaban J connectivity index is 1.78. The lowest BCUT2D eigenvalue weighted by atomic mass is 10.0. The van der Waals surface area contributed by atoms with Crippen LogP contribution in [0.2, 0.25) is 0 Å². The van der Waals surface area contributed by atoms with Gasteiger partial charge in [0.1, 0.15) is 15.5 Å². The number of rotatable bonds is 3. The van der Waals surface area contributed by atoms with Gasteiger partial charge >= 0.3 is 0 Å². The van der Waals surface area contributed by atoms with E-state index in [1.165, 1.54) is 17.8 Å². The number of aromatic nitrogens is 1. The normalized spacial score (nSPS) is 17.8. The molecule has 1 aromatic carbocycles. The van der Waals surface area contributed by atoms with Crippen molar-refractivity contribution in [3.05, 3.63) is 29.1 Å². The number of nitrogens with two attached hydrogens (primary N) is 1. The number of ether oxygens (including phenoxy) is 1. The Morgan fingerprint density at radius 3 is 3.00 bits per heavy atom. The largest absolute Gasteiger partial charge is 0.494 e.